The van der Waals surface area contributed by atoms with Crippen LogP contribution in [0.15, 0.2) is 4.79 Å². The number of hydrogen-bond acceptors (Lipinski definition) is 2. The summed E-state index contributed by atoms with van der Waals surface area (Å²) in [5.74, 6) is 0.276. The molecule has 4 heteroatoms. The first-order valence-corrected chi connectivity index (χ1v) is 6.60. The topological polar surface area (TPSA) is 52.9 Å². The molecule has 1 rings (SSSR count). The number of nitrogens with zero attached hydrogens (tertiary/aromatic N) is 2. The molecule has 98 valence electrons. The van der Waals surface area contributed by atoms with Gasteiger partial charge in [0.05, 0.1) is 11.7 Å². The molecule has 0 radical (unpaired) electrons. The van der Waals surface area contributed by atoms with E-state index in [9.17, 15) is 4.79 Å². The van der Waals surface area contributed by atoms with Gasteiger partial charge < -0.3 is 5.73 Å². The van der Waals surface area contributed by atoms with Crippen molar-refractivity contribution in [2.24, 2.45) is 0 Å². The van der Waals surface area contributed by atoms with Gasteiger partial charge in [-0.05, 0) is 25.7 Å². The molecule has 0 atom stereocenters. The number of hydrogen-bond donors (Lipinski definition) is 1. The second-order valence-electron chi connectivity index (χ2n) is 4.79. The predicted octanol–water partition coefficient (Wildman–Crippen LogP) is 2.74. The Morgan fingerprint density at radius 2 is 1.71 bits per heavy atom. The molecule has 0 aliphatic rings. The largest absolute Gasteiger partial charge is 0.393 e. The van der Waals surface area contributed by atoms with Crippen LogP contribution in [0.25, 0.3) is 0 Å². The predicted molar refractivity (Wildman–Crippen MR) is 72.5 cm³/mol. The van der Waals surface area contributed by atoms with E-state index in [1.165, 1.54) is 0 Å². The number of nitrogens with two attached hydrogens (primary N) is 1. The summed E-state index contributed by atoms with van der Waals surface area (Å²) in [6.07, 6.45) is 1.91. The normalized spacial score (nSPS) is 11.7. The number of aromatic nitrogens is 2. The van der Waals surface area contributed by atoms with Crippen molar-refractivity contribution in [3.63, 3.8) is 0 Å². The van der Waals surface area contributed by atoms with Gasteiger partial charge in [0.2, 0.25) is 0 Å². The van der Waals surface area contributed by atoms with Crippen molar-refractivity contribution in [2.75, 3.05) is 5.73 Å². The summed E-state index contributed by atoms with van der Waals surface area (Å²) < 4.78 is 3.91. The minimum atomic E-state index is -0.0238. The zero-order chi connectivity index (χ0) is 13.2. The van der Waals surface area contributed by atoms with Crippen LogP contribution in [0.4, 0.5) is 5.69 Å². The van der Waals surface area contributed by atoms with Crippen LogP contribution >= 0.6 is 0 Å². The minimum absolute atomic E-state index is 0.0238. The highest BCUT2D eigenvalue weighted by Crippen LogP contribution is 2.23. The Morgan fingerprint density at radius 1 is 1.18 bits per heavy atom. The molecule has 4 nitrogen and oxygen atoms in total. The van der Waals surface area contributed by atoms with Crippen molar-refractivity contribution < 1.29 is 0 Å². The van der Waals surface area contributed by atoms with Crippen molar-refractivity contribution in [1.29, 1.82) is 0 Å². The molecule has 1 aromatic heterocycles. The molecule has 0 bridgehead atoms. The van der Waals surface area contributed by atoms with Gasteiger partial charge in [-0.25, -0.2) is 4.68 Å². The Hall–Kier alpha value is -1.19. The first-order valence-electron chi connectivity index (χ1n) is 6.60. The molecule has 0 aromatic carbocycles. The van der Waals surface area contributed by atoms with E-state index < -0.39 is 0 Å². The Bertz CT molecular complexity index is 425. The molecule has 17 heavy (non-hydrogen) atoms. The van der Waals surface area contributed by atoms with Crippen molar-refractivity contribution >= 4 is 5.69 Å². The lowest BCUT2D eigenvalue weighted by molar-refractivity contribution is 0.340. The smallest absolute Gasteiger partial charge is 0.290 e. The number of anilines is 1. The van der Waals surface area contributed by atoms with Gasteiger partial charge in [-0.1, -0.05) is 27.7 Å². The van der Waals surface area contributed by atoms with Gasteiger partial charge in [0.15, 0.2) is 0 Å². The van der Waals surface area contributed by atoms with E-state index in [4.69, 9.17) is 5.73 Å². The highest BCUT2D eigenvalue weighted by atomic mass is 16.1. The van der Waals surface area contributed by atoms with E-state index in [0.717, 1.165) is 25.1 Å². The third kappa shape index (κ3) is 2.26. The molecule has 0 saturated carbocycles. The van der Waals surface area contributed by atoms with Crippen LogP contribution in [0.1, 0.15) is 65.1 Å². The first kappa shape index (κ1) is 13.9. The second kappa shape index (κ2) is 5.43. The van der Waals surface area contributed by atoms with Crippen molar-refractivity contribution in [2.45, 2.75) is 66.0 Å². The number of nitrogen functional groups attached to an aromatic ring is 1. The van der Waals surface area contributed by atoms with Crippen LogP contribution < -0.4 is 11.3 Å². The molecular formula is C13H25N3O. The maximum Gasteiger partial charge on any atom is 0.290 e. The first-order chi connectivity index (χ1) is 7.99. The fraction of sp³-hybridized carbons (Fsp3) is 0.769. The van der Waals surface area contributed by atoms with Gasteiger partial charge in [0.1, 0.15) is 5.69 Å². The molecular weight excluding hydrogens is 214 g/mol. The van der Waals surface area contributed by atoms with Crippen LogP contribution in [-0.4, -0.2) is 9.36 Å². The average molecular weight is 239 g/mol. The highest BCUT2D eigenvalue weighted by molar-refractivity contribution is 5.43. The Morgan fingerprint density at radius 3 is 2.06 bits per heavy atom. The van der Waals surface area contributed by atoms with Gasteiger partial charge in [0, 0.05) is 6.54 Å². The van der Waals surface area contributed by atoms with Gasteiger partial charge in [-0.3, -0.25) is 9.48 Å². The minimum Gasteiger partial charge on any atom is -0.393 e. The van der Waals surface area contributed by atoms with E-state index >= 15 is 0 Å². The van der Waals surface area contributed by atoms with E-state index in [1.807, 2.05) is 4.68 Å². The van der Waals surface area contributed by atoms with Crippen LogP contribution in [0.3, 0.4) is 0 Å². The highest BCUT2D eigenvalue weighted by Gasteiger charge is 2.22. The standard InChI is InChI=1S/C13H25N3O/c1-6-10(7-2)16-13(17)11(14)12(9(4)5)15(16)8-3/h9-10H,6-8,14H2,1-5H3. The molecule has 0 aliphatic heterocycles. The van der Waals surface area contributed by atoms with Gasteiger partial charge in [-0.15, -0.1) is 0 Å². The molecule has 2 N–H and O–H groups in total. The second-order valence-corrected chi connectivity index (χ2v) is 4.79. The average Bonchev–Trinajstić information content (AvgIpc) is 2.55. The molecule has 0 spiro atoms. The molecule has 0 unspecified atom stereocenters. The van der Waals surface area contributed by atoms with Crippen molar-refractivity contribution in [1.82, 2.24) is 9.36 Å². The fourth-order valence-electron chi connectivity index (χ4n) is 2.53. The summed E-state index contributed by atoms with van der Waals surface area (Å²) in [6, 6.07) is 0.247. The van der Waals surface area contributed by atoms with E-state index in [0.29, 0.717) is 5.69 Å². The molecule has 0 amide bonds. The maximum atomic E-state index is 12.3. The summed E-state index contributed by atoms with van der Waals surface area (Å²) in [7, 11) is 0. The summed E-state index contributed by atoms with van der Waals surface area (Å²) in [5.41, 5.74) is 7.35. The van der Waals surface area contributed by atoms with Gasteiger partial charge in [-0.2, -0.15) is 0 Å². The quantitative estimate of drug-likeness (QED) is 0.859. The zero-order valence-electron chi connectivity index (χ0n) is 11.7. The van der Waals surface area contributed by atoms with Crippen LogP contribution in [-0.2, 0) is 6.54 Å². The van der Waals surface area contributed by atoms with Crippen molar-refractivity contribution in [3.8, 4) is 0 Å². The Labute approximate surface area is 103 Å². The Balaban J connectivity index is 3.50. The summed E-state index contributed by atoms with van der Waals surface area (Å²) >= 11 is 0. The molecule has 1 aromatic rings. The van der Waals surface area contributed by atoms with E-state index in [2.05, 4.69) is 39.3 Å². The van der Waals surface area contributed by atoms with E-state index in [-0.39, 0.29) is 17.5 Å². The molecule has 0 aliphatic carbocycles. The molecule has 1 heterocycles. The SMILES string of the molecule is CCC(CC)n1c(=O)c(N)c(C(C)C)n1CC. The maximum absolute atomic E-state index is 12.3. The lowest BCUT2D eigenvalue weighted by atomic mass is 10.1. The van der Waals surface area contributed by atoms with E-state index in [1.54, 1.807) is 0 Å². The van der Waals surface area contributed by atoms with Crippen LogP contribution in [0, 0.1) is 0 Å². The molecule has 0 saturated heterocycles. The monoisotopic (exact) mass is 239 g/mol. The summed E-state index contributed by atoms with van der Waals surface area (Å²) in [4.78, 5) is 12.3. The lowest BCUT2D eigenvalue weighted by Gasteiger charge is -2.21. The zero-order valence-corrected chi connectivity index (χ0v) is 11.7. The van der Waals surface area contributed by atoms with Crippen LogP contribution in [0.2, 0.25) is 0 Å². The van der Waals surface area contributed by atoms with Crippen LogP contribution in [0.5, 0.6) is 0 Å². The lowest BCUT2D eigenvalue weighted by Crippen LogP contribution is -2.28. The number of rotatable bonds is 5. The molecule has 0 fully saturated rings. The Kier molecular flexibility index (Phi) is 4.43. The van der Waals surface area contributed by atoms with Crippen molar-refractivity contribution in [3.05, 3.63) is 16.0 Å². The summed E-state index contributed by atoms with van der Waals surface area (Å²) in [6.45, 7) is 11.2. The van der Waals surface area contributed by atoms with Gasteiger partial charge in [0.25, 0.3) is 5.56 Å². The summed E-state index contributed by atoms with van der Waals surface area (Å²) in [5, 5.41) is 0. The fourth-order valence-corrected chi connectivity index (χ4v) is 2.53. The van der Waals surface area contributed by atoms with Gasteiger partial charge >= 0.3 is 0 Å². The third-order valence-corrected chi connectivity index (χ3v) is 3.39. The third-order valence-electron chi connectivity index (χ3n) is 3.39.